The van der Waals surface area contributed by atoms with Crippen LogP contribution < -0.4 is 14.3 Å². The van der Waals surface area contributed by atoms with Crippen LogP contribution in [0, 0.1) is 11.8 Å². The summed E-state index contributed by atoms with van der Waals surface area (Å²) in [4.78, 5) is 18.1. The van der Waals surface area contributed by atoms with Crippen molar-refractivity contribution in [3.05, 3.63) is 46.8 Å². The number of amides is 1. The first-order valence-corrected chi connectivity index (χ1v) is 13.9. The van der Waals surface area contributed by atoms with Gasteiger partial charge in [-0.2, -0.15) is 9.30 Å². The fourth-order valence-electron chi connectivity index (χ4n) is 4.70. The lowest BCUT2D eigenvalue weighted by Gasteiger charge is -2.34. The predicted octanol–water partition coefficient (Wildman–Crippen LogP) is 4.15. The van der Waals surface area contributed by atoms with Gasteiger partial charge in [0.25, 0.3) is 5.91 Å². The smallest absolute Gasteiger partial charge is 0.279 e. The molecule has 4 rings (SSSR count). The van der Waals surface area contributed by atoms with Crippen LogP contribution in [0.4, 0.5) is 0 Å². The SMILES string of the molecule is CCn1c(=NC(=O)c2ccc(S(=O)(=O)N3CC(C)CC(C)C3)cc2)sc2c(OC)ccc(OC)c21. The Morgan fingerprint density at radius 3 is 2.20 bits per heavy atom. The molecule has 0 spiro atoms. The molecule has 0 aliphatic carbocycles. The fraction of sp³-hybridized carbons (Fsp3) is 0.440. The molecule has 3 aromatic rings. The summed E-state index contributed by atoms with van der Waals surface area (Å²) in [5, 5.41) is 0. The molecule has 188 valence electrons. The van der Waals surface area contributed by atoms with Crippen molar-refractivity contribution in [2.24, 2.45) is 16.8 Å². The van der Waals surface area contributed by atoms with Gasteiger partial charge < -0.3 is 14.0 Å². The molecule has 2 atom stereocenters. The van der Waals surface area contributed by atoms with Crippen molar-refractivity contribution in [3.8, 4) is 11.5 Å². The zero-order valence-electron chi connectivity index (χ0n) is 20.6. The van der Waals surface area contributed by atoms with Crippen LogP contribution in [-0.2, 0) is 16.6 Å². The molecule has 10 heteroatoms. The zero-order valence-corrected chi connectivity index (χ0v) is 22.3. The van der Waals surface area contributed by atoms with E-state index >= 15 is 0 Å². The van der Waals surface area contributed by atoms with Gasteiger partial charge in [-0.15, -0.1) is 0 Å². The van der Waals surface area contributed by atoms with Crippen LogP contribution in [0.3, 0.4) is 0 Å². The van der Waals surface area contributed by atoms with Crippen molar-refractivity contribution >= 4 is 37.5 Å². The van der Waals surface area contributed by atoms with E-state index in [1.54, 1.807) is 18.5 Å². The minimum absolute atomic E-state index is 0.190. The molecule has 0 radical (unpaired) electrons. The van der Waals surface area contributed by atoms with Crippen LogP contribution in [0.2, 0.25) is 0 Å². The van der Waals surface area contributed by atoms with E-state index in [-0.39, 0.29) is 4.90 Å². The first-order chi connectivity index (χ1) is 16.7. The maximum absolute atomic E-state index is 13.1. The number of piperidine rings is 1. The second kappa shape index (κ2) is 10.1. The molecule has 2 aromatic carbocycles. The zero-order chi connectivity index (χ0) is 25.3. The predicted molar refractivity (Wildman–Crippen MR) is 137 cm³/mol. The number of hydrogen-bond acceptors (Lipinski definition) is 6. The highest BCUT2D eigenvalue weighted by Gasteiger charge is 2.31. The third-order valence-corrected chi connectivity index (χ3v) is 9.22. The van der Waals surface area contributed by atoms with Crippen LogP contribution in [-0.4, -0.2) is 50.5 Å². The van der Waals surface area contributed by atoms with E-state index in [9.17, 15) is 13.2 Å². The Labute approximate surface area is 209 Å². The van der Waals surface area contributed by atoms with Crippen LogP contribution in [0.15, 0.2) is 46.3 Å². The van der Waals surface area contributed by atoms with Gasteiger partial charge in [-0.3, -0.25) is 4.79 Å². The Hall–Kier alpha value is -2.69. The molecule has 2 unspecified atom stereocenters. The number of fused-ring (bicyclic) bond motifs is 1. The summed E-state index contributed by atoms with van der Waals surface area (Å²) in [6.07, 6.45) is 1.02. The lowest BCUT2D eigenvalue weighted by Crippen LogP contribution is -2.42. The Kier molecular flexibility index (Phi) is 7.35. The van der Waals surface area contributed by atoms with Gasteiger partial charge in [-0.1, -0.05) is 25.2 Å². The lowest BCUT2D eigenvalue weighted by atomic mass is 9.94. The number of sulfonamides is 1. The highest BCUT2D eigenvalue weighted by molar-refractivity contribution is 7.89. The number of aromatic nitrogens is 1. The van der Waals surface area contributed by atoms with Gasteiger partial charge in [-0.25, -0.2) is 8.42 Å². The second-order valence-corrected chi connectivity index (χ2v) is 11.9. The van der Waals surface area contributed by atoms with Gasteiger partial charge >= 0.3 is 0 Å². The maximum atomic E-state index is 13.1. The van der Waals surface area contributed by atoms with Gasteiger partial charge in [0, 0.05) is 25.2 Å². The van der Waals surface area contributed by atoms with Crippen molar-refractivity contribution in [2.75, 3.05) is 27.3 Å². The summed E-state index contributed by atoms with van der Waals surface area (Å²) >= 11 is 1.35. The molecule has 1 fully saturated rings. The molecule has 1 saturated heterocycles. The quantitative estimate of drug-likeness (QED) is 0.490. The second-order valence-electron chi connectivity index (χ2n) is 8.99. The van der Waals surface area contributed by atoms with E-state index in [0.717, 1.165) is 16.6 Å². The average Bonchev–Trinajstić information content (AvgIpc) is 3.20. The van der Waals surface area contributed by atoms with Crippen LogP contribution in [0.1, 0.15) is 37.6 Å². The standard InChI is InChI=1S/C25H31N3O5S2/c1-6-28-22-20(32-4)11-12-21(33-5)23(22)34-25(28)26-24(29)18-7-9-19(10-8-18)35(30,31)27-14-16(2)13-17(3)15-27/h7-12,16-17H,6,13-15H2,1-5H3. The van der Waals surface area contributed by atoms with Gasteiger partial charge in [0.1, 0.15) is 21.7 Å². The summed E-state index contributed by atoms with van der Waals surface area (Å²) in [5.74, 6) is 1.54. The molecule has 0 bridgehead atoms. The molecule has 1 amide bonds. The number of thiazole rings is 1. The molecule has 1 aliphatic heterocycles. The molecule has 8 nitrogen and oxygen atoms in total. The number of rotatable bonds is 6. The third kappa shape index (κ3) is 4.87. The number of benzene rings is 2. The van der Waals surface area contributed by atoms with Crippen molar-refractivity contribution in [3.63, 3.8) is 0 Å². The molecule has 1 aliphatic rings. The number of aryl methyl sites for hydroxylation is 1. The third-order valence-electron chi connectivity index (χ3n) is 6.28. The number of nitrogens with zero attached hydrogens (tertiary/aromatic N) is 3. The Bertz CT molecular complexity index is 1400. The van der Waals surface area contributed by atoms with Gasteiger partial charge in [0.05, 0.1) is 19.1 Å². The maximum Gasteiger partial charge on any atom is 0.279 e. The minimum Gasteiger partial charge on any atom is -0.495 e. The Balaban J connectivity index is 1.68. The Morgan fingerprint density at radius 1 is 1.03 bits per heavy atom. The topological polar surface area (TPSA) is 90.2 Å². The highest BCUT2D eigenvalue weighted by atomic mass is 32.2. The minimum atomic E-state index is -3.61. The van der Waals surface area contributed by atoms with E-state index < -0.39 is 15.9 Å². The first-order valence-electron chi connectivity index (χ1n) is 11.6. The van der Waals surface area contributed by atoms with E-state index in [1.165, 1.54) is 35.6 Å². The van der Waals surface area contributed by atoms with Crippen molar-refractivity contribution < 1.29 is 22.7 Å². The van der Waals surface area contributed by atoms with Crippen molar-refractivity contribution in [1.29, 1.82) is 0 Å². The van der Waals surface area contributed by atoms with Gasteiger partial charge in [0.2, 0.25) is 10.0 Å². The molecular formula is C25H31N3O5S2. The first kappa shape index (κ1) is 25.4. The number of carbonyl (C=O) groups is 1. The fourth-order valence-corrected chi connectivity index (χ4v) is 7.59. The Morgan fingerprint density at radius 2 is 1.63 bits per heavy atom. The largest absolute Gasteiger partial charge is 0.495 e. The monoisotopic (exact) mass is 517 g/mol. The van der Waals surface area contributed by atoms with Gasteiger partial charge in [0.15, 0.2) is 4.80 Å². The number of carbonyl (C=O) groups excluding carboxylic acids is 1. The van der Waals surface area contributed by atoms with E-state index in [4.69, 9.17) is 9.47 Å². The highest BCUT2D eigenvalue weighted by Crippen LogP contribution is 2.35. The molecule has 35 heavy (non-hydrogen) atoms. The van der Waals surface area contributed by atoms with Crippen LogP contribution in [0.25, 0.3) is 10.2 Å². The summed E-state index contributed by atoms with van der Waals surface area (Å²) in [6.45, 7) is 7.72. The molecule has 1 aromatic heterocycles. The molecule has 0 saturated carbocycles. The molecule has 2 heterocycles. The van der Waals surface area contributed by atoms with E-state index in [1.807, 2.05) is 23.6 Å². The lowest BCUT2D eigenvalue weighted by molar-refractivity contribution is 0.0997. The van der Waals surface area contributed by atoms with Crippen LogP contribution in [0.5, 0.6) is 11.5 Å². The summed E-state index contributed by atoms with van der Waals surface area (Å²) in [7, 11) is -0.415. The van der Waals surface area contributed by atoms with Gasteiger partial charge in [-0.05, 0) is 61.6 Å². The normalized spacial score (nSPS) is 19.7. The molecular weight excluding hydrogens is 486 g/mol. The number of hydrogen-bond donors (Lipinski definition) is 0. The van der Waals surface area contributed by atoms with Crippen molar-refractivity contribution in [1.82, 2.24) is 8.87 Å². The average molecular weight is 518 g/mol. The van der Waals surface area contributed by atoms with E-state index in [2.05, 4.69) is 18.8 Å². The molecule has 0 N–H and O–H groups in total. The number of ether oxygens (including phenoxy) is 2. The summed E-state index contributed by atoms with van der Waals surface area (Å²) < 4.78 is 41.6. The van der Waals surface area contributed by atoms with E-state index in [0.29, 0.717) is 53.3 Å². The summed E-state index contributed by atoms with van der Waals surface area (Å²) in [5.41, 5.74) is 1.14. The van der Waals surface area contributed by atoms with Crippen molar-refractivity contribution in [2.45, 2.75) is 38.6 Å². The number of methoxy groups -OCH3 is 2. The summed E-state index contributed by atoms with van der Waals surface area (Å²) in [6, 6.07) is 9.70. The van der Waals surface area contributed by atoms with Crippen LogP contribution >= 0.6 is 11.3 Å².